The molecule has 0 N–H and O–H groups in total. The molecule has 184 valence electrons. The largest absolute Gasteiger partial charge is 0.462 e. The van der Waals surface area contributed by atoms with E-state index in [9.17, 15) is 18.0 Å². The first-order valence-corrected chi connectivity index (χ1v) is 12.9. The van der Waals surface area contributed by atoms with Crippen molar-refractivity contribution in [2.75, 3.05) is 19.8 Å². The van der Waals surface area contributed by atoms with Crippen LogP contribution in [0.5, 0.6) is 5.75 Å². The first kappa shape index (κ1) is 25.7. The monoisotopic (exact) mass is 489 g/mol. The molecule has 8 nitrogen and oxygen atoms in total. The molecule has 34 heavy (non-hydrogen) atoms. The minimum atomic E-state index is -4.27. The molecule has 1 heterocycles. The van der Waals surface area contributed by atoms with Crippen LogP contribution in [-0.2, 0) is 30.9 Å². The molecular weight excluding hydrogens is 458 g/mol. The van der Waals surface area contributed by atoms with Gasteiger partial charge in [-0.25, -0.2) is 4.79 Å². The van der Waals surface area contributed by atoms with Gasteiger partial charge in [0.25, 0.3) is 0 Å². The number of hydrogen-bond acceptors (Lipinski definition) is 7. The van der Waals surface area contributed by atoms with Crippen molar-refractivity contribution in [1.29, 1.82) is 0 Å². The zero-order valence-corrected chi connectivity index (χ0v) is 20.4. The van der Waals surface area contributed by atoms with Crippen molar-refractivity contribution in [3.63, 3.8) is 0 Å². The molecule has 2 aromatic carbocycles. The quantitative estimate of drug-likeness (QED) is 0.268. The molecule has 0 spiro atoms. The molecule has 2 aromatic rings. The molecule has 1 aliphatic heterocycles. The Bertz CT molecular complexity index is 1080. The van der Waals surface area contributed by atoms with Gasteiger partial charge in [0.15, 0.2) is 0 Å². The highest BCUT2D eigenvalue weighted by Crippen LogP contribution is 2.23. The molecule has 1 saturated heterocycles. The van der Waals surface area contributed by atoms with Crippen molar-refractivity contribution in [1.82, 2.24) is 4.90 Å². The summed E-state index contributed by atoms with van der Waals surface area (Å²) in [6, 6.07) is 12.3. The Labute approximate surface area is 200 Å². The predicted molar refractivity (Wildman–Crippen MR) is 126 cm³/mol. The fourth-order valence-corrected chi connectivity index (χ4v) is 4.74. The number of ether oxygens (including phenoxy) is 2. The zero-order chi connectivity index (χ0) is 24.6. The van der Waals surface area contributed by atoms with Gasteiger partial charge in [0.1, 0.15) is 10.6 Å². The lowest BCUT2D eigenvalue weighted by Crippen LogP contribution is -2.35. The summed E-state index contributed by atoms with van der Waals surface area (Å²) in [6.45, 7) is 5.32. The first-order valence-electron chi connectivity index (χ1n) is 11.5. The Morgan fingerprint density at radius 3 is 2.50 bits per heavy atom. The van der Waals surface area contributed by atoms with E-state index in [1.807, 2.05) is 6.92 Å². The normalized spacial score (nSPS) is 15.6. The maximum Gasteiger partial charge on any atom is 0.340 e. The third kappa shape index (κ3) is 7.04. The number of carbonyl (C=O) groups excluding carboxylic acids is 2. The smallest absolute Gasteiger partial charge is 0.340 e. The molecule has 1 atom stereocenters. The fraction of sp³-hybridized carbons (Fsp3) is 0.440. The Balaban J connectivity index is 1.68. The fourth-order valence-electron chi connectivity index (χ4n) is 3.62. The third-order valence-electron chi connectivity index (χ3n) is 5.50. The highest BCUT2D eigenvalue weighted by molar-refractivity contribution is 7.87. The van der Waals surface area contributed by atoms with E-state index in [1.165, 1.54) is 37.3 Å². The lowest BCUT2D eigenvalue weighted by Gasteiger charge is -2.24. The van der Waals surface area contributed by atoms with Gasteiger partial charge in [0, 0.05) is 26.6 Å². The van der Waals surface area contributed by atoms with E-state index in [1.54, 1.807) is 23.1 Å². The molecule has 1 unspecified atom stereocenters. The molecule has 0 aromatic heterocycles. The van der Waals surface area contributed by atoms with E-state index in [0.29, 0.717) is 19.5 Å². The SMILES string of the molecule is CCCCOC(=O)c1ccccc1S(=O)(=O)Oc1ccc(CN(CC2CCCO2)C(C)=O)cc1. The Morgan fingerprint density at radius 1 is 1.12 bits per heavy atom. The minimum Gasteiger partial charge on any atom is -0.462 e. The van der Waals surface area contributed by atoms with Crippen molar-refractivity contribution in [2.45, 2.75) is 57.1 Å². The topological polar surface area (TPSA) is 99.2 Å². The van der Waals surface area contributed by atoms with Crippen molar-refractivity contribution in [3.8, 4) is 5.75 Å². The predicted octanol–water partition coefficient (Wildman–Crippen LogP) is 3.94. The Kier molecular flexibility index (Phi) is 9.06. The van der Waals surface area contributed by atoms with Gasteiger partial charge in [-0.1, -0.05) is 37.6 Å². The number of esters is 1. The van der Waals surface area contributed by atoms with Gasteiger partial charge >= 0.3 is 16.1 Å². The number of carbonyl (C=O) groups is 2. The summed E-state index contributed by atoms with van der Waals surface area (Å²) in [7, 11) is -4.27. The number of nitrogens with zero attached hydrogens (tertiary/aromatic N) is 1. The van der Waals surface area contributed by atoms with Crippen LogP contribution in [0, 0.1) is 0 Å². The summed E-state index contributed by atoms with van der Waals surface area (Å²) in [5.74, 6) is -0.658. The number of amides is 1. The second kappa shape index (κ2) is 12.0. The van der Waals surface area contributed by atoms with Crippen LogP contribution in [0.25, 0.3) is 0 Å². The molecule has 1 fully saturated rings. The van der Waals surface area contributed by atoms with Gasteiger partial charge < -0.3 is 18.6 Å². The van der Waals surface area contributed by atoms with Gasteiger partial charge in [0.2, 0.25) is 5.91 Å². The third-order valence-corrected chi connectivity index (χ3v) is 6.81. The summed E-state index contributed by atoms with van der Waals surface area (Å²) in [4.78, 5) is 25.9. The van der Waals surface area contributed by atoms with E-state index >= 15 is 0 Å². The van der Waals surface area contributed by atoms with Crippen LogP contribution in [-0.4, -0.2) is 51.1 Å². The van der Waals surface area contributed by atoms with Crippen molar-refractivity contribution in [3.05, 3.63) is 59.7 Å². The molecule has 0 radical (unpaired) electrons. The highest BCUT2D eigenvalue weighted by atomic mass is 32.2. The average Bonchev–Trinajstić information content (AvgIpc) is 3.33. The summed E-state index contributed by atoms with van der Waals surface area (Å²) in [5.41, 5.74) is 0.763. The number of benzene rings is 2. The molecule has 1 amide bonds. The van der Waals surface area contributed by atoms with Crippen LogP contribution in [0.15, 0.2) is 53.4 Å². The van der Waals surface area contributed by atoms with Gasteiger partial charge in [-0.3, -0.25) is 4.79 Å². The number of hydrogen-bond donors (Lipinski definition) is 0. The lowest BCUT2D eigenvalue weighted by atomic mass is 10.1. The Hall–Kier alpha value is -2.91. The van der Waals surface area contributed by atoms with Crippen LogP contribution < -0.4 is 4.18 Å². The molecule has 3 rings (SSSR count). The summed E-state index contributed by atoms with van der Waals surface area (Å²) in [6.07, 6.45) is 3.52. The van der Waals surface area contributed by atoms with E-state index in [0.717, 1.165) is 31.4 Å². The number of rotatable bonds is 11. The van der Waals surface area contributed by atoms with E-state index in [-0.39, 0.29) is 34.8 Å². The Morgan fingerprint density at radius 2 is 1.85 bits per heavy atom. The second-order valence-electron chi connectivity index (χ2n) is 8.20. The molecule has 1 aliphatic rings. The van der Waals surface area contributed by atoms with Crippen molar-refractivity contribution >= 4 is 22.0 Å². The van der Waals surface area contributed by atoms with Gasteiger partial charge in [-0.2, -0.15) is 8.42 Å². The lowest BCUT2D eigenvalue weighted by molar-refractivity contribution is -0.131. The highest BCUT2D eigenvalue weighted by Gasteiger charge is 2.25. The van der Waals surface area contributed by atoms with Gasteiger partial charge in [-0.15, -0.1) is 0 Å². The zero-order valence-electron chi connectivity index (χ0n) is 19.6. The molecule has 9 heteroatoms. The van der Waals surface area contributed by atoms with E-state index in [2.05, 4.69) is 0 Å². The summed E-state index contributed by atoms with van der Waals surface area (Å²) < 4.78 is 41.9. The van der Waals surface area contributed by atoms with Gasteiger partial charge in [-0.05, 0) is 49.1 Å². The van der Waals surface area contributed by atoms with Gasteiger partial charge in [0.05, 0.1) is 18.3 Å². The first-order chi connectivity index (χ1) is 16.3. The second-order valence-corrected chi connectivity index (χ2v) is 9.72. The summed E-state index contributed by atoms with van der Waals surface area (Å²) in [5, 5.41) is 0. The molecular formula is C25H31NO7S. The van der Waals surface area contributed by atoms with Crippen LogP contribution >= 0.6 is 0 Å². The van der Waals surface area contributed by atoms with E-state index < -0.39 is 16.1 Å². The van der Waals surface area contributed by atoms with Crippen LogP contribution in [0.3, 0.4) is 0 Å². The molecule has 0 aliphatic carbocycles. The minimum absolute atomic E-state index is 0.0466. The van der Waals surface area contributed by atoms with Crippen molar-refractivity contribution in [2.24, 2.45) is 0 Å². The summed E-state index contributed by atoms with van der Waals surface area (Å²) >= 11 is 0. The van der Waals surface area contributed by atoms with Crippen LogP contribution in [0.2, 0.25) is 0 Å². The van der Waals surface area contributed by atoms with Crippen molar-refractivity contribution < 1.29 is 31.7 Å². The average molecular weight is 490 g/mol. The van der Waals surface area contributed by atoms with Crippen LogP contribution in [0.4, 0.5) is 0 Å². The molecule has 0 bridgehead atoms. The maximum atomic E-state index is 12.9. The molecule has 0 saturated carbocycles. The standard InChI is InChI=1S/C25H31NO7S/c1-3-4-15-32-25(28)23-9-5-6-10-24(23)34(29,30)33-21-13-11-20(12-14-21)17-26(19(2)27)18-22-8-7-16-31-22/h5-6,9-14,22H,3-4,7-8,15-18H2,1-2H3. The number of unbranched alkanes of at least 4 members (excludes halogenated alkanes) is 1. The van der Waals surface area contributed by atoms with E-state index in [4.69, 9.17) is 13.7 Å². The maximum absolute atomic E-state index is 12.9. The van der Waals surface area contributed by atoms with Crippen LogP contribution in [0.1, 0.15) is 55.5 Å².